The van der Waals surface area contributed by atoms with Gasteiger partial charge in [-0.3, -0.25) is 9.59 Å². The molecule has 0 radical (unpaired) electrons. The number of rotatable bonds is 10. The molecule has 11 rings (SSSR count). The number of carbonyl (C=O) groups is 2. The zero-order valence-electron chi connectivity index (χ0n) is 53.3. The number of aliphatic hydroxyl groups is 5. The van der Waals surface area contributed by atoms with Gasteiger partial charge in [0.2, 0.25) is 0 Å². The lowest BCUT2D eigenvalue weighted by Gasteiger charge is -2.61. The minimum atomic E-state index is -3.71. The molecule has 0 bridgehead atoms. The molecule has 1 aromatic rings. The number of sulfone groups is 1. The molecule has 10 aliphatic carbocycles. The second-order valence-corrected chi connectivity index (χ2v) is 36.0. The van der Waals surface area contributed by atoms with Crippen molar-refractivity contribution in [3.05, 3.63) is 30.3 Å². The van der Waals surface area contributed by atoms with Crippen LogP contribution < -0.4 is 0 Å². The van der Waals surface area contributed by atoms with Crippen LogP contribution in [0, 0.1) is 104 Å². The van der Waals surface area contributed by atoms with Gasteiger partial charge in [0, 0.05) is 31.8 Å². The molecule has 1 aromatic carbocycles. The van der Waals surface area contributed by atoms with Gasteiger partial charge in [-0.15, -0.1) is 0 Å². The summed E-state index contributed by atoms with van der Waals surface area (Å²) in [6, 6.07) is 8.85. The van der Waals surface area contributed by atoms with Crippen molar-refractivity contribution >= 4 is 21.4 Å². The van der Waals surface area contributed by atoms with E-state index in [1.54, 1.807) is 24.3 Å². The van der Waals surface area contributed by atoms with Crippen LogP contribution in [-0.2, 0) is 19.4 Å². The summed E-state index contributed by atoms with van der Waals surface area (Å²) in [7, 11) is -2.71. The Bertz CT molecular complexity index is 2500. The number of aliphatic hydroxyl groups excluding tert-OH is 1. The third kappa shape index (κ3) is 12.0. The normalized spacial score (nSPS) is 44.8. The Morgan fingerprint density at radius 1 is 0.506 bits per heavy atom. The topological polar surface area (TPSA) is 169 Å². The number of benzene rings is 1. The summed E-state index contributed by atoms with van der Waals surface area (Å²) in [5, 5.41) is 51.2. The Kier molecular flexibility index (Phi) is 17.7. The number of ketones is 2. The van der Waals surface area contributed by atoms with E-state index in [0.717, 1.165) is 129 Å². The maximum absolute atomic E-state index is 14.5. The van der Waals surface area contributed by atoms with Crippen molar-refractivity contribution in [2.45, 2.75) is 289 Å². The molecule has 10 fully saturated rings. The lowest BCUT2D eigenvalue weighted by atomic mass is 9.43. The van der Waals surface area contributed by atoms with Gasteiger partial charge >= 0.3 is 0 Å². The molecule has 9 nitrogen and oxygen atoms in total. The van der Waals surface area contributed by atoms with Gasteiger partial charge in [0.25, 0.3) is 0 Å². The van der Waals surface area contributed by atoms with Gasteiger partial charge in [0.05, 0.1) is 32.5 Å². The van der Waals surface area contributed by atoms with E-state index in [1.807, 2.05) is 19.9 Å². The summed E-state index contributed by atoms with van der Waals surface area (Å²) in [6.45, 7) is 27.2. The summed E-state index contributed by atoms with van der Waals surface area (Å²) in [5.41, 5.74) is -2.14. The zero-order valence-corrected chi connectivity index (χ0v) is 54.1. The summed E-state index contributed by atoms with van der Waals surface area (Å²) in [6.07, 6.45) is 25.0. The lowest BCUT2D eigenvalue weighted by molar-refractivity contribution is -0.169. The summed E-state index contributed by atoms with van der Waals surface area (Å²) in [5.74, 6) is 5.21. The van der Waals surface area contributed by atoms with Gasteiger partial charge in [-0.05, 0) is 278 Å². The highest BCUT2D eigenvalue weighted by molar-refractivity contribution is 7.92. The predicted molar refractivity (Wildman–Crippen MR) is 325 cm³/mol. The van der Waals surface area contributed by atoms with Gasteiger partial charge < -0.3 is 25.5 Å². The van der Waals surface area contributed by atoms with Crippen LogP contribution in [-0.4, -0.2) is 80.3 Å². The molecule has 460 valence electrons. The molecule has 5 N–H and O–H groups in total. The Morgan fingerprint density at radius 3 is 1.38 bits per heavy atom. The van der Waals surface area contributed by atoms with Gasteiger partial charge in [0.15, 0.2) is 9.84 Å². The average Bonchev–Trinajstić information content (AvgIpc) is 4.15. The second kappa shape index (κ2) is 22.5. The quantitative estimate of drug-likeness (QED) is 0.153. The van der Waals surface area contributed by atoms with Gasteiger partial charge in [0.1, 0.15) is 11.6 Å². The van der Waals surface area contributed by atoms with Gasteiger partial charge in [-0.1, -0.05) is 87.4 Å². The first-order valence-corrected chi connectivity index (χ1v) is 34.8. The number of fused-ring (bicyclic) bond motifs is 10. The predicted octanol–water partition coefficient (Wildman–Crippen LogP) is 14.7. The number of hydrogen-bond acceptors (Lipinski definition) is 9. The van der Waals surface area contributed by atoms with Gasteiger partial charge in [-0.2, -0.15) is 0 Å². The molecule has 0 amide bonds. The monoisotopic (exact) mass is 1140 g/mol. The molecule has 0 aliphatic heterocycles. The molecule has 10 aliphatic rings. The van der Waals surface area contributed by atoms with E-state index in [2.05, 4.69) is 69.2 Å². The molecule has 19 atom stereocenters. The van der Waals surface area contributed by atoms with E-state index in [1.165, 1.54) is 25.7 Å². The van der Waals surface area contributed by atoms with Crippen LogP contribution in [0.5, 0.6) is 0 Å². The van der Waals surface area contributed by atoms with E-state index in [0.29, 0.717) is 88.5 Å². The van der Waals surface area contributed by atoms with E-state index in [9.17, 15) is 38.4 Å². The van der Waals surface area contributed by atoms with Crippen LogP contribution in [0.1, 0.15) is 256 Å². The first kappa shape index (κ1) is 63.8. The summed E-state index contributed by atoms with van der Waals surface area (Å²) in [4.78, 5) is 28.7. The Balaban J connectivity index is 0.000000194. The van der Waals surface area contributed by atoms with E-state index in [-0.39, 0.29) is 57.2 Å². The Hall–Kier alpha value is -1.69. The van der Waals surface area contributed by atoms with E-state index >= 15 is 0 Å². The van der Waals surface area contributed by atoms with Crippen LogP contribution in [0.25, 0.3) is 0 Å². The molecular formula is C71H116O9S. The highest BCUT2D eigenvalue weighted by atomic mass is 32.2. The fraction of sp³-hybridized carbons (Fsp3) is 0.887. The fourth-order valence-electron chi connectivity index (χ4n) is 22.3. The van der Waals surface area contributed by atoms with Crippen LogP contribution >= 0.6 is 0 Å². The summed E-state index contributed by atoms with van der Waals surface area (Å²) >= 11 is 0. The third-order valence-corrected chi connectivity index (χ3v) is 29.8. The minimum absolute atomic E-state index is 0.0511. The van der Waals surface area contributed by atoms with Crippen molar-refractivity contribution in [1.29, 1.82) is 0 Å². The highest BCUT2D eigenvalue weighted by Gasteiger charge is 2.67. The minimum Gasteiger partial charge on any atom is -0.400 e. The van der Waals surface area contributed by atoms with Crippen molar-refractivity contribution in [2.75, 3.05) is 7.11 Å². The van der Waals surface area contributed by atoms with Crippen molar-refractivity contribution < 1.29 is 43.5 Å². The van der Waals surface area contributed by atoms with Crippen molar-refractivity contribution in [3.63, 3.8) is 0 Å². The van der Waals surface area contributed by atoms with Crippen molar-refractivity contribution in [3.8, 4) is 0 Å². The first-order chi connectivity index (χ1) is 37.6. The molecule has 0 aromatic heterocycles. The maximum Gasteiger partial charge on any atom is 0.181 e. The SMILES string of the molecule is CO.C[C@H](C(CC1(O)CCC(C)(C)CC1)S(=O)(=O)c1ccccc1)[C@H]1CC[C@H]2[C@@H]3CC[C@@H]4C[C@@](C)(O)CC[C@]4(C)[C@H]3C(=O)C[C@]12C.C[C@H](CCC1(O)CCC(C)(C)CC1)[C@H]1CC[C@H]2[C@@H]3CC[C@@H]4C[C@@](C)(O)CC[C@]4(C)[C@H]3C(=O)C[C@]12C. The number of Topliss-reactive ketones (excluding diaryl/α,β-unsaturated/α-hetero) is 2. The summed E-state index contributed by atoms with van der Waals surface area (Å²) < 4.78 is 29.0. The molecule has 10 heteroatoms. The number of hydrogen-bond donors (Lipinski definition) is 5. The average molecular weight is 1150 g/mol. The third-order valence-electron chi connectivity index (χ3n) is 27.5. The standard InChI is InChI=1S/C38H58O5S.C32H54O3.CH4O/c1-25(32(44(42,43)27-10-8-7-9-11-27)24-38(41)20-16-34(2,3)17-21-38)29-14-15-30-28-13-12-26-22-35(4,40)18-19-36(26,5)33(28)31(39)23-37(29,30)6;1-21(11-12-32(35)17-13-28(2,3)14-18-32)24-9-10-25-23-8-7-22-19-29(4,34)15-16-30(22,5)27(23)26(33)20-31(24,25)6;1-2/h7-11,25-26,28-30,32-33,40-41H,12-24H2,1-6H3;21-25,27,34-35H,7-20H2,1-6H3;2H,1H3/t25-,26+,28-,29+,30-,32?,33+,35-,36-,37+;21-,22-,23+,24-,25+,27-,29+,30+,31-;/m01./s1. The maximum atomic E-state index is 14.5. The van der Waals surface area contributed by atoms with Crippen LogP contribution in [0.3, 0.4) is 0 Å². The molecule has 81 heavy (non-hydrogen) atoms. The zero-order chi connectivity index (χ0) is 59.4. The molecule has 1 unspecified atom stereocenters. The Morgan fingerprint density at radius 2 is 0.926 bits per heavy atom. The number of carbonyl (C=O) groups excluding carboxylic acids is 2. The van der Waals surface area contributed by atoms with E-state index in [4.69, 9.17) is 5.11 Å². The molecule has 0 saturated heterocycles. The van der Waals surface area contributed by atoms with Crippen LogP contribution in [0.15, 0.2) is 35.2 Å². The molecule has 0 spiro atoms. The van der Waals surface area contributed by atoms with Crippen LogP contribution in [0.2, 0.25) is 0 Å². The largest absolute Gasteiger partial charge is 0.400 e. The lowest BCUT2D eigenvalue weighted by Crippen LogP contribution is -2.59. The van der Waals surface area contributed by atoms with Crippen molar-refractivity contribution in [1.82, 2.24) is 0 Å². The van der Waals surface area contributed by atoms with Crippen LogP contribution in [0.4, 0.5) is 0 Å². The van der Waals surface area contributed by atoms with Crippen molar-refractivity contribution in [2.24, 2.45) is 104 Å². The Labute approximate surface area is 492 Å². The molecule has 0 heterocycles. The first-order valence-electron chi connectivity index (χ1n) is 33.3. The molecule has 10 saturated carbocycles. The fourth-order valence-corrected chi connectivity index (χ4v) is 24.5. The van der Waals surface area contributed by atoms with Gasteiger partial charge in [-0.25, -0.2) is 8.42 Å². The smallest absolute Gasteiger partial charge is 0.181 e. The van der Waals surface area contributed by atoms with E-state index < -0.39 is 37.5 Å². The molecular weight excluding hydrogens is 1030 g/mol. The second-order valence-electron chi connectivity index (χ2n) is 33.9. The highest BCUT2D eigenvalue weighted by Crippen LogP contribution is 2.70.